The van der Waals surface area contributed by atoms with Crippen molar-refractivity contribution < 1.29 is 4.79 Å². The summed E-state index contributed by atoms with van der Waals surface area (Å²) in [6.07, 6.45) is 4.64. The van der Waals surface area contributed by atoms with Crippen LogP contribution in [0.4, 0.5) is 0 Å². The van der Waals surface area contributed by atoms with Gasteiger partial charge in [-0.1, -0.05) is 48.3 Å². The third kappa shape index (κ3) is 4.01. The Bertz CT molecular complexity index is 742. The van der Waals surface area contributed by atoms with Gasteiger partial charge in [-0.15, -0.1) is 10.2 Å². The zero-order valence-electron chi connectivity index (χ0n) is 14.5. The second-order valence-corrected chi connectivity index (χ2v) is 7.96. The maximum Gasteiger partial charge on any atom is 0.233 e. The summed E-state index contributed by atoms with van der Waals surface area (Å²) in [7, 11) is 0. The number of halogens is 1. The Kier molecular flexibility index (Phi) is 6.02. The largest absolute Gasteiger partial charge is 0.355 e. The van der Waals surface area contributed by atoms with Gasteiger partial charge < -0.3 is 5.32 Å². The molecule has 1 aromatic heterocycles. The van der Waals surface area contributed by atoms with Crippen molar-refractivity contribution in [3.05, 3.63) is 29.3 Å². The minimum atomic E-state index is -0.219. The summed E-state index contributed by atoms with van der Waals surface area (Å²) >= 11 is 7.85. The Morgan fingerprint density at radius 2 is 2.08 bits per heavy atom. The number of benzene rings is 1. The minimum Gasteiger partial charge on any atom is -0.355 e. The summed E-state index contributed by atoms with van der Waals surface area (Å²) in [5.41, 5.74) is 0.890. The molecule has 134 valence electrons. The van der Waals surface area contributed by atoms with Gasteiger partial charge in [-0.2, -0.15) is 0 Å². The van der Waals surface area contributed by atoms with E-state index in [-0.39, 0.29) is 11.2 Å². The number of carbonyl (C=O) groups excluding carboxylic acids is 1. The van der Waals surface area contributed by atoms with Crippen LogP contribution < -0.4 is 5.32 Å². The molecular weight excluding hydrogens is 356 g/mol. The highest BCUT2D eigenvalue weighted by molar-refractivity contribution is 8.00. The number of hydrogen-bond acceptors (Lipinski definition) is 4. The van der Waals surface area contributed by atoms with Gasteiger partial charge in [-0.05, 0) is 38.8 Å². The van der Waals surface area contributed by atoms with Gasteiger partial charge in [0.05, 0.1) is 10.3 Å². The Morgan fingerprint density at radius 1 is 1.36 bits per heavy atom. The molecule has 1 heterocycles. The third-order valence-corrected chi connectivity index (χ3v) is 5.86. The fourth-order valence-corrected chi connectivity index (χ4v) is 4.37. The molecule has 1 aliphatic rings. The Morgan fingerprint density at radius 3 is 2.76 bits per heavy atom. The molecule has 0 saturated heterocycles. The van der Waals surface area contributed by atoms with E-state index in [1.807, 2.05) is 38.1 Å². The first-order chi connectivity index (χ1) is 12.1. The molecule has 2 aromatic rings. The molecule has 1 fully saturated rings. The van der Waals surface area contributed by atoms with Crippen LogP contribution in [0.5, 0.6) is 0 Å². The van der Waals surface area contributed by atoms with Crippen molar-refractivity contribution in [3.8, 4) is 11.4 Å². The van der Waals surface area contributed by atoms with Crippen LogP contribution >= 0.6 is 23.4 Å². The maximum absolute atomic E-state index is 12.1. The maximum atomic E-state index is 12.1. The Balaban J connectivity index is 1.96. The van der Waals surface area contributed by atoms with E-state index in [0.29, 0.717) is 17.6 Å². The number of carbonyl (C=O) groups is 1. The van der Waals surface area contributed by atoms with E-state index in [4.69, 9.17) is 11.6 Å². The van der Waals surface area contributed by atoms with Gasteiger partial charge in [0.15, 0.2) is 11.0 Å². The van der Waals surface area contributed by atoms with Crippen LogP contribution in [0.15, 0.2) is 29.4 Å². The fraction of sp³-hybridized carbons (Fsp3) is 0.500. The average molecular weight is 379 g/mol. The molecule has 1 amide bonds. The lowest BCUT2D eigenvalue weighted by molar-refractivity contribution is -0.120. The highest BCUT2D eigenvalue weighted by Crippen LogP contribution is 2.38. The smallest absolute Gasteiger partial charge is 0.233 e. The highest BCUT2D eigenvalue weighted by atomic mass is 35.5. The van der Waals surface area contributed by atoms with Gasteiger partial charge in [-0.3, -0.25) is 9.36 Å². The van der Waals surface area contributed by atoms with E-state index < -0.39 is 0 Å². The lowest BCUT2D eigenvalue weighted by atomic mass is 10.2. The SMILES string of the molecule is CCNC(=O)[C@H](C)Sc1nnc(-c2ccccc2Cl)n1C1CCCC1. The number of rotatable bonds is 6. The quantitative estimate of drug-likeness (QED) is 0.760. The predicted molar refractivity (Wildman–Crippen MR) is 102 cm³/mol. The van der Waals surface area contributed by atoms with Crippen LogP contribution in [0.2, 0.25) is 5.02 Å². The molecule has 1 aliphatic carbocycles. The van der Waals surface area contributed by atoms with Crippen molar-refractivity contribution in [2.24, 2.45) is 0 Å². The molecule has 1 N–H and O–H groups in total. The van der Waals surface area contributed by atoms with Crippen LogP contribution in [0.3, 0.4) is 0 Å². The van der Waals surface area contributed by atoms with Crippen LogP contribution in [-0.2, 0) is 4.79 Å². The number of amides is 1. The molecule has 25 heavy (non-hydrogen) atoms. The van der Waals surface area contributed by atoms with Crippen LogP contribution in [0.1, 0.15) is 45.6 Å². The summed E-state index contributed by atoms with van der Waals surface area (Å²) in [6.45, 7) is 4.45. The molecule has 0 radical (unpaired) electrons. The predicted octanol–water partition coefficient (Wildman–Crippen LogP) is 4.33. The summed E-state index contributed by atoms with van der Waals surface area (Å²) in [5.74, 6) is 0.816. The monoisotopic (exact) mass is 378 g/mol. The first kappa shape index (κ1) is 18.3. The van der Waals surface area contributed by atoms with Crippen molar-refractivity contribution in [3.63, 3.8) is 0 Å². The lowest BCUT2D eigenvalue weighted by Gasteiger charge is -2.18. The summed E-state index contributed by atoms with van der Waals surface area (Å²) in [4.78, 5) is 12.1. The number of nitrogens with zero attached hydrogens (tertiary/aromatic N) is 3. The first-order valence-corrected chi connectivity index (χ1v) is 10.0. The molecule has 3 rings (SSSR count). The molecule has 5 nitrogen and oxygen atoms in total. The molecule has 7 heteroatoms. The molecule has 0 unspecified atom stereocenters. The summed E-state index contributed by atoms with van der Waals surface area (Å²) in [5, 5.41) is 12.9. The van der Waals surface area contributed by atoms with E-state index in [0.717, 1.165) is 29.4 Å². The van der Waals surface area contributed by atoms with Gasteiger partial charge in [0.1, 0.15) is 0 Å². The fourth-order valence-electron chi connectivity index (χ4n) is 3.20. The summed E-state index contributed by atoms with van der Waals surface area (Å²) < 4.78 is 2.19. The zero-order valence-corrected chi connectivity index (χ0v) is 16.1. The molecule has 0 bridgehead atoms. The topological polar surface area (TPSA) is 59.8 Å². The van der Waals surface area contributed by atoms with E-state index in [2.05, 4.69) is 20.1 Å². The molecule has 0 aliphatic heterocycles. The van der Waals surface area contributed by atoms with Gasteiger partial charge >= 0.3 is 0 Å². The van der Waals surface area contributed by atoms with E-state index in [1.54, 1.807) is 0 Å². The zero-order chi connectivity index (χ0) is 17.8. The van der Waals surface area contributed by atoms with Gasteiger partial charge in [-0.25, -0.2) is 0 Å². The molecular formula is C18H23ClN4OS. The van der Waals surface area contributed by atoms with E-state index in [1.165, 1.54) is 24.6 Å². The van der Waals surface area contributed by atoms with Crippen LogP contribution in [0.25, 0.3) is 11.4 Å². The van der Waals surface area contributed by atoms with Crippen molar-refractivity contribution in [2.45, 2.75) is 56.0 Å². The second-order valence-electron chi connectivity index (χ2n) is 6.25. The third-order valence-electron chi connectivity index (χ3n) is 4.47. The van der Waals surface area contributed by atoms with Crippen molar-refractivity contribution in [1.82, 2.24) is 20.1 Å². The van der Waals surface area contributed by atoms with Crippen molar-refractivity contribution in [1.29, 1.82) is 0 Å². The number of thioether (sulfide) groups is 1. The molecule has 0 spiro atoms. The average Bonchev–Trinajstić information content (AvgIpc) is 3.25. The molecule has 1 atom stereocenters. The molecule has 1 aromatic carbocycles. The number of aromatic nitrogens is 3. The highest BCUT2D eigenvalue weighted by Gasteiger charge is 2.27. The number of hydrogen-bond donors (Lipinski definition) is 1. The van der Waals surface area contributed by atoms with E-state index in [9.17, 15) is 4.79 Å². The first-order valence-electron chi connectivity index (χ1n) is 8.76. The van der Waals surface area contributed by atoms with E-state index >= 15 is 0 Å². The van der Waals surface area contributed by atoms with Gasteiger partial charge in [0, 0.05) is 18.2 Å². The van der Waals surface area contributed by atoms with Crippen LogP contribution in [-0.4, -0.2) is 32.5 Å². The Hall–Kier alpha value is -1.53. The minimum absolute atomic E-state index is 0.0211. The normalized spacial score (nSPS) is 16.1. The summed E-state index contributed by atoms with van der Waals surface area (Å²) in [6, 6.07) is 8.08. The van der Waals surface area contributed by atoms with Crippen molar-refractivity contribution >= 4 is 29.3 Å². The second kappa shape index (κ2) is 8.23. The lowest BCUT2D eigenvalue weighted by Crippen LogP contribution is -2.30. The van der Waals surface area contributed by atoms with Gasteiger partial charge in [0.2, 0.25) is 5.91 Å². The number of nitrogens with one attached hydrogen (secondary N) is 1. The molecule has 1 saturated carbocycles. The standard InChI is InChI=1S/C18H23ClN4OS/c1-3-20-17(24)12(2)25-18-22-21-16(14-10-6-7-11-15(14)19)23(18)13-8-4-5-9-13/h6-7,10-13H,3-5,8-9H2,1-2H3,(H,20,24)/t12-/m0/s1. The Labute approximate surface area is 157 Å². The van der Waals surface area contributed by atoms with Gasteiger partial charge in [0.25, 0.3) is 0 Å². The van der Waals surface area contributed by atoms with Crippen molar-refractivity contribution in [2.75, 3.05) is 6.54 Å². The van der Waals surface area contributed by atoms with Crippen LogP contribution in [0, 0.1) is 0 Å².